The molecule has 0 N–H and O–H groups in total. The van der Waals surface area contributed by atoms with Crippen LogP contribution in [-0.2, 0) is 11.2 Å². The molecule has 0 aliphatic carbocycles. The molecule has 0 saturated carbocycles. The monoisotopic (exact) mass is 427 g/mol. The van der Waals surface area contributed by atoms with Crippen LogP contribution in [0.3, 0.4) is 0 Å². The van der Waals surface area contributed by atoms with E-state index >= 15 is 0 Å². The summed E-state index contributed by atoms with van der Waals surface area (Å²) in [4.78, 5) is 23.2. The fourth-order valence-corrected chi connectivity index (χ4v) is 4.97. The molecule has 0 aliphatic heterocycles. The molecule has 0 unspecified atom stereocenters. The van der Waals surface area contributed by atoms with Gasteiger partial charge in [0.1, 0.15) is 0 Å². The van der Waals surface area contributed by atoms with Crippen LogP contribution in [0.15, 0.2) is 47.4 Å². The first-order valence-corrected chi connectivity index (χ1v) is 11.6. The third-order valence-corrected chi connectivity index (χ3v) is 6.62. The highest BCUT2D eigenvalue weighted by Gasteiger charge is 2.20. The lowest BCUT2D eigenvalue weighted by atomic mass is 10.1. The summed E-state index contributed by atoms with van der Waals surface area (Å²) in [7, 11) is 4.05. The highest BCUT2D eigenvalue weighted by Crippen LogP contribution is 2.31. The number of carbonyl (C=O) groups is 1. The summed E-state index contributed by atoms with van der Waals surface area (Å²) in [5, 5.41) is 1.33. The van der Waals surface area contributed by atoms with Crippen molar-refractivity contribution in [3.63, 3.8) is 0 Å². The molecule has 0 saturated heterocycles. The first-order valence-electron chi connectivity index (χ1n) is 9.90. The lowest BCUT2D eigenvalue weighted by Crippen LogP contribution is -2.37. The van der Waals surface area contributed by atoms with E-state index in [1.165, 1.54) is 4.90 Å². The number of anilines is 1. The van der Waals surface area contributed by atoms with Gasteiger partial charge in [0.05, 0.1) is 16.6 Å². The first kappa shape index (κ1) is 21.8. The molecule has 4 nitrogen and oxygen atoms in total. The van der Waals surface area contributed by atoms with Gasteiger partial charge in [-0.15, -0.1) is 11.8 Å². The number of carbonyl (C=O) groups excluding carboxylic acids is 1. The van der Waals surface area contributed by atoms with Gasteiger partial charge in [-0.3, -0.25) is 9.69 Å². The van der Waals surface area contributed by atoms with Crippen molar-refractivity contribution in [2.24, 2.45) is 0 Å². The molecule has 1 amide bonds. The van der Waals surface area contributed by atoms with E-state index in [1.807, 2.05) is 36.8 Å². The van der Waals surface area contributed by atoms with Gasteiger partial charge >= 0.3 is 0 Å². The predicted molar refractivity (Wildman–Crippen MR) is 126 cm³/mol. The normalized spacial score (nSPS) is 11.6. The standard InChI is InChI=1S/C23H29N3OS2/c1-16(2)28-19-11-9-18(10-12-19)15-21(27)26(14-13-25(4)5)23-24-22-17(3)7-6-8-20(22)29-23/h6-12,16H,13-15H2,1-5H3. The van der Waals surface area contributed by atoms with Crippen LogP contribution in [-0.4, -0.2) is 48.2 Å². The number of fused-ring (bicyclic) bond motifs is 1. The number of aryl methyl sites for hydroxylation is 1. The van der Waals surface area contributed by atoms with Crippen molar-refractivity contribution < 1.29 is 4.79 Å². The van der Waals surface area contributed by atoms with Crippen LogP contribution in [0.5, 0.6) is 0 Å². The predicted octanol–water partition coefficient (Wildman–Crippen LogP) is 5.24. The number of thioether (sulfide) groups is 1. The maximum atomic E-state index is 13.2. The van der Waals surface area contributed by atoms with Crippen LogP contribution in [0, 0.1) is 6.92 Å². The lowest BCUT2D eigenvalue weighted by molar-refractivity contribution is -0.118. The van der Waals surface area contributed by atoms with E-state index < -0.39 is 0 Å². The van der Waals surface area contributed by atoms with E-state index in [1.54, 1.807) is 11.3 Å². The Labute approximate surface area is 181 Å². The molecular formula is C23H29N3OS2. The number of aromatic nitrogens is 1. The van der Waals surface area contributed by atoms with Gasteiger partial charge in [-0.2, -0.15) is 0 Å². The molecule has 3 rings (SSSR count). The third-order valence-electron chi connectivity index (χ3n) is 4.56. The second kappa shape index (κ2) is 9.74. The molecule has 0 fully saturated rings. The van der Waals surface area contributed by atoms with E-state index in [4.69, 9.17) is 4.98 Å². The number of thiazole rings is 1. The second-order valence-electron chi connectivity index (χ2n) is 7.75. The number of likely N-dealkylation sites (N-methyl/N-ethyl adjacent to an activating group) is 1. The summed E-state index contributed by atoms with van der Waals surface area (Å²) >= 11 is 3.43. The number of amides is 1. The van der Waals surface area contributed by atoms with Gasteiger partial charge in [0.2, 0.25) is 5.91 Å². The number of para-hydroxylation sites is 1. The summed E-state index contributed by atoms with van der Waals surface area (Å²) in [5.41, 5.74) is 3.17. The van der Waals surface area contributed by atoms with Gasteiger partial charge in [-0.1, -0.05) is 49.4 Å². The summed E-state index contributed by atoms with van der Waals surface area (Å²) in [6.07, 6.45) is 0.384. The van der Waals surface area contributed by atoms with E-state index in [2.05, 4.69) is 62.1 Å². The highest BCUT2D eigenvalue weighted by molar-refractivity contribution is 7.99. The average Bonchev–Trinajstić information content (AvgIpc) is 3.08. The van der Waals surface area contributed by atoms with Gasteiger partial charge in [0.15, 0.2) is 5.13 Å². The lowest BCUT2D eigenvalue weighted by Gasteiger charge is -2.22. The molecule has 1 heterocycles. The Balaban J connectivity index is 1.81. The number of hydrogen-bond acceptors (Lipinski definition) is 5. The maximum Gasteiger partial charge on any atom is 0.233 e. The van der Waals surface area contributed by atoms with Crippen molar-refractivity contribution in [3.05, 3.63) is 53.6 Å². The van der Waals surface area contributed by atoms with E-state index in [0.29, 0.717) is 18.2 Å². The van der Waals surface area contributed by atoms with Gasteiger partial charge < -0.3 is 4.90 Å². The third kappa shape index (κ3) is 5.81. The SMILES string of the molecule is Cc1cccc2sc(N(CCN(C)C)C(=O)Cc3ccc(SC(C)C)cc3)nc12. The second-order valence-corrected chi connectivity index (χ2v) is 10.4. The zero-order chi connectivity index (χ0) is 21.0. The zero-order valence-corrected chi connectivity index (χ0v) is 19.4. The Kier molecular flexibility index (Phi) is 7.33. The Morgan fingerprint density at radius 1 is 1.10 bits per heavy atom. The Morgan fingerprint density at radius 2 is 1.83 bits per heavy atom. The fraction of sp³-hybridized carbons (Fsp3) is 0.391. The average molecular weight is 428 g/mol. The van der Waals surface area contributed by atoms with Gasteiger partial charge in [0, 0.05) is 23.2 Å². The van der Waals surface area contributed by atoms with Crippen LogP contribution in [0.4, 0.5) is 5.13 Å². The minimum Gasteiger partial charge on any atom is -0.308 e. The minimum absolute atomic E-state index is 0.0906. The molecule has 3 aromatic rings. The Bertz CT molecular complexity index is 964. The smallest absolute Gasteiger partial charge is 0.233 e. The maximum absolute atomic E-state index is 13.2. The fourth-order valence-electron chi connectivity index (χ4n) is 3.05. The first-order chi connectivity index (χ1) is 13.8. The minimum atomic E-state index is 0.0906. The van der Waals surface area contributed by atoms with Crippen molar-refractivity contribution in [2.45, 2.75) is 37.3 Å². The topological polar surface area (TPSA) is 36.4 Å². The summed E-state index contributed by atoms with van der Waals surface area (Å²) < 4.78 is 1.12. The molecule has 0 atom stereocenters. The van der Waals surface area contributed by atoms with Crippen molar-refractivity contribution in [3.8, 4) is 0 Å². The van der Waals surface area contributed by atoms with Gasteiger partial charge in [-0.25, -0.2) is 4.98 Å². The van der Waals surface area contributed by atoms with Crippen LogP contribution in [0.1, 0.15) is 25.0 Å². The van der Waals surface area contributed by atoms with Crippen molar-refractivity contribution >= 4 is 44.4 Å². The highest BCUT2D eigenvalue weighted by atomic mass is 32.2. The van der Waals surface area contributed by atoms with Crippen molar-refractivity contribution in [1.82, 2.24) is 9.88 Å². The van der Waals surface area contributed by atoms with Gasteiger partial charge in [-0.05, 0) is 50.3 Å². The molecule has 154 valence electrons. The largest absolute Gasteiger partial charge is 0.308 e. The van der Waals surface area contributed by atoms with Crippen LogP contribution in [0.25, 0.3) is 10.2 Å². The Morgan fingerprint density at radius 3 is 2.45 bits per heavy atom. The van der Waals surface area contributed by atoms with E-state index in [0.717, 1.165) is 33.0 Å². The summed E-state index contributed by atoms with van der Waals surface area (Å²) in [6, 6.07) is 14.5. The molecule has 1 aromatic heterocycles. The molecule has 0 bridgehead atoms. The number of nitrogens with zero attached hydrogens (tertiary/aromatic N) is 3. The van der Waals surface area contributed by atoms with E-state index in [9.17, 15) is 4.79 Å². The molecule has 0 spiro atoms. The number of benzene rings is 2. The summed E-state index contributed by atoms with van der Waals surface area (Å²) in [5.74, 6) is 0.0906. The summed E-state index contributed by atoms with van der Waals surface area (Å²) in [6.45, 7) is 7.86. The molecule has 29 heavy (non-hydrogen) atoms. The molecule has 0 radical (unpaired) electrons. The molecule has 2 aromatic carbocycles. The molecular weight excluding hydrogens is 398 g/mol. The van der Waals surface area contributed by atoms with Crippen molar-refractivity contribution in [2.75, 3.05) is 32.1 Å². The molecule has 0 aliphatic rings. The zero-order valence-electron chi connectivity index (χ0n) is 17.8. The Hall–Kier alpha value is -1.89. The van der Waals surface area contributed by atoms with Crippen LogP contribution < -0.4 is 4.90 Å². The quantitative estimate of drug-likeness (QED) is 0.461. The number of rotatable bonds is 8. The van der Waals surface area contributed by atoms with Gasteiger partial charge in [0.25, 0.3) is 0 Å². The number of hydrogen-bond donors (Lipinski definition) is 0. The molecule has 6 heteroatoms. The van der Waals surface area contributed by atoms with Crippen molar-refractivity contribution in [1.29, 1.82) is 0 Å². The van der Waals surface area contributed by atoms with Crippen LogP contribution >= 0.6 is 23.1 Å². The van der Waals surface area contributed by atoms with Crippen LogP contribution in [0.2, 0.25) is 0 Å². The van der Waals surface area contributed by atoms with E-state index in [-0.39, 0.29) is 5.91 Å².